The maximum Gasteiger partial charge on any atom is 1.00 e. The summed E-state index contributed by atoms with van der Waals surface area (Å²) >= 11 is 0. The van der Waals surface area contributed by atoms with E-state index in [-0.39, 0.29) is 68.6 Å². The number of hydrogen-bond acceptors (Lipinski definition) is 6. The maximum absolute atomic E-state index is 13.0. The van der Waals surface area contributed by atoms with Crippen LogP contribution in [0.1, 0.15) is 38.5 Å². The second-order valence-electron chi connectivity index (χ2n) is 7.94. The Morgan fingerprint density at radius 1 is 1.17 bits per heavy atom. The Labute approximate surface area is 220 Å². The number of nitrogens with zero attached hydrogens (tertiary/aromatic N) is 1. The van der Waals surface area contributed by atoms with Crippen molar-refractivity contribution in [2.24, 2.45) is 16.5 Å². The van der Waals surface area contributed by atoms with Crippen LogP contribution < -0.4 is 78.6 Å². The number of aliphatic imine (C=N–C) groups is 1. The molecular weight excluding hydrogens is 412 g/mol. The van der Waals surface area contributed by atoms with Gasteiger partial charge in [0.05, 0.1) is 5.69 Å². The number of nitrogens with one attached hydrogen (secondary N) is 2. The van der Waals surface area contributed by atoms with Crippen molar-refractivity contribution in [2.75, 3.05) is 19.8 Å². The summed E-state index contributed by atoms with van der Waals surface area (Å²) in [5.41, 5.74) is 12.0. The molecule has 0 bridgehead atoms. The van der Waals surface area contributed by atoms with Crippen LogP contribution in [0.4, 0.5) is 10.1 Å². The number of hydrogen-bond donors (Lipinski definition) is 4. The standard InChI is InChI=1S/C21H32FN5O2.K/c22-15-1-3-16(4-2-15)27-20(24)19(28)13-25-21(14-23)9-5-17(6-10-21)26-18-7-11-29-12-8-18;/h1-4,13,17-18,25-26,28H,5-12,14,23H2,(H2,24,27);/q;+1/p-1/b19-13+;. The molecule has 1 heterocycles. The predicted octanol–water partition coefficient (Wildman–Crippen LogP) is -1.98. The number of rotatable bonds is 7. The third kappa shape index (κ3) is 7.56. The smallest absolute Gasteiger partial charge is 0.869 e. The van der Waals surface area contributed by atoms with E-state index in [0.29, 0.717) is 24.3 Å². The summed E-state index contributed by atoms with van der Waals surface area (Å²) in [7, 11) is 0. The molecule has 9 heteroatoms. The van der Waals surface area contributed by atoms with E-state index < -0.39 is 5.76 Å². The quantitative estimate of drug-likeness (QED) is 0.168. The first-order valence-electron chi connectivity index (χ1n) is 10.3. The molecule has 7 nitrogen and oxygen atoms in total. The second-order valence-corrected chi connectivity index (χ2v) is 7.94. The van der Waals surface area contributed by atoms with Gasteiger partial charge in [-0.25, -0.2) is 9.38 Å². The zero-order valence-corrected chi connectivity index (χ0v) is 20.8. The van der Waals surface area contributed by atoms with Gasteiger partial charge >= 0.3 is 51.4 Å². The summed E-state index contributed by atoms with van der Waals surface area (Å²) in [6.07, 6.45) is 7.25. The van der Waals surface area contributed by atoms with Crippen LogP contribution in [-0.4, -0.2) is 43.2 Å². The number of halogens is 1. The average molecular weight is 444 g/mol. The van der Waals surface area contributed by atoms with Crippen LogP contribution >= 0.6 is 0 Å². The van der Waals surface area contributed by atoms with Crippen LogP contribution in [0.25, 0.3) is 0 Å². The van der Waals surface area contributed by atoms with Crippen molar-refractivity contribution in [3.8, 4) is 0 Å². The van der Waals surface area contributed by atoms with E-state index in [4.69, 9.17) is 16.2 Å². The third-order valence-electron chi connectivity index (χ3n) is 5.86. The Balaban J connectivity index is 0.00000320. The maximum atomic E-state index is 13.0. The largest absolute Gasteiger partial charge is 1.00 e. The summed E-state index contributed by atoms with van der Waals surface area (Å²) < 4.78 is 18.4. The van der Waals surface area contributed by atoms with Crippen molar-refractivity contribution in [1.29, 1.82) is 0 Å². The Morgan fingerprint density at radius 2 is 1.77 bits per heavy atom. The minimum atomic E-state index is -0.412. The number of nitrogens with two attached hydrogens (primary N) is 2. The van der Waals surface area contributed by atoms with Crippen molar-refractivity contribution in [3.05, 3.63) is 42.0 Å². The first kappa shape index (κ1) is 25.7. The van der Waals surface area contributed by atoms with Crippen LogP contribution in [0.15, 0.2) is 41.2 Å². The van der Waals surface area contributed by atoms with Crippen LogP contribution in [0.5, 0.6) is 0 Å². The normalized spacial score (nSPS) is 26.1. The molecule has 2 fully saturated rings. The molecular formula is C21H31FKN5O2. The van der Waals surface area contributed by atoms with Gasteiger partial charge in [-0.3, -0.25) is 0 Å². The third-order valence-corrected chi connectivity index (χ3v) is 5.86. The Bertz CT molecular complexity index is 715. The minimum Gasteiger partial charge on any atom is -0.869 e. The predicted molar refractivity (Wildman–Crippen MR) is 110 cm³/mol. The molecule has 1 aliphatic heterocycles. The van der Waals surface area contributed by atoms with E-state index in [2.05, 4.69) is 15.6 Å². The van der Waals surface area contributed by atoms with Gasteiger partial charge < -0.3 is 31.9 Å². The molecule has 1 aliphatic carbocycles. The molecule has 1 saturated carbocycles. The van der Waals surface area contributed by atoms with Gasteiger partial charge in [0.25, 0.3) is 0 Å². The molecule has 0 atom stereocenters. The molecule has 2 aliphatic rings. The van der Waals surface area contributed by atoms with Crippen molar-refractivity contribution in [2.45, 2.75) is 56.1 Å². The second kappa shape index (κ2) is 12.5. The van der Waals surface area contributed by atoms with Crippen LogP contribution in [0.3, 0.4) is 0 Å². The van der Waals surface area contributed by atoms with Crippen molar-refractivity contribution >= 4 is 11.5 Å². The van der Waals surface area contributed by atoms with E-state index >= 15 is 0 Å². The molecule has 0 radical (unpaired) electrons. The van der Waals surface area contributed by atoms with Gasteiger partial charge in [0.1, 0.15) is 11.7 Å². The molecule has 0 aromatic heterocycles. The molecule has 0 amide bonds. The van der Waals surface area contributed by atoms with E-state index in [0.717, 1.165) is 51.7 Å². The first-order chi connectivity index (χ1) is 14.0. The van der Waals surface area contributed by atoms with Gasteiger partial charge in [-0.15, -0.1) is 0 Å². The van der Waals surface area contributed by atoms with E-state index in [1.54, 1.807) is 0 Å². The summed E-state index contributed by atoms with van der Waals surface area (Å²) in [6.45, 7) is 2.10. The van der Waals surface area contributed by atoms with Crippen LogP contribution in [0, 0.1) is 5.82 Å². The Hall–Kier alpha value is -0.524. The Kier molecular flexibility index (Phi) is 10.7. The van der Waals surface area contributed by atoms with E-state index in [1.165, 1.54) is 30.5 Å². The summed E-state index contributed by atoms with van der Waals surface area (Å²) in [5, 5.41) is 19.3. The Morgan fingerprint density at radius 3 is 2.37 bits per heavy atom. The summed E-state index contributed by atoms with van der Waals surface area (Å²) in [4.78, 5) is 4.04. The van der Waals surface area contributed by atoms with Gasteiger partial charge in [0.2, 0.25) is 0 Å². The van der Waals surface area contributed by atoms with E-state index in [9.17, 15) is 9.50 Å². The number of amidine groups is 1. The molecule has 30 heavy (non-hydrogen) atoms. The van der Waals surface area contributed by atoms with Crippen molar-refractivity contribution in [3.63, 3.8) is 0 Å². The minimum absolute atomic E-state index is 0. The molecule has 1 aromatic carbocycles. The summed E-state index contributed by atoms with van der Waals surface area (Å²) in [5.74, 6) is -0.926. The van der Waals surface area contributed by atoms with Gasteiger partial charge in [0.15, 0.2) is 0 Å². The molecule has 6 N–H and O–H groups in total. The number of ether oxygens (including phenoxy) is 1. The molecule has 3 rings (SSSR count). The van der Waals surface area contributed by atoms with Gasteiger partial charge in [-0.1, -0.05) is 0 Å². The van der Waals surface area contributed by atoms with Gasteiger partial charge in [-0.2, -0.15) is 0 Å². The molecule has 1 saturated heterocycles. The number of benzene rings is 1. The van der Waals surface area contributed by atoms with Gasteiger partial charge in [0, 0.05) is 37.4 Å². The fraction of sp³-hybridized carbons (Fsp3) is 0.571. The van der Waals surface area contributed by atoms with Crippen molar-refractivity contribution in [1.82, 2.24) is 10.6 Å². The zero-order valence-electron chi connectivity index (χ0n) is 17.7. The zero-order chi connectivity index (χ0) is 20.7. The molecule has 1 aromatic rings. The summed E-state index contributed by atoms with van der Waals surface area (Å²) in [6, 6.07) is 6.49. The molecule has 0 spiro atoms. The van der Waals surface area contributed by atoms with Gasteiger partial charge in [-0.05, 0) is 74.7 Å². The van der Waals surface area contributed by atoms with Crippen LogP contribution in [0.2, 0.25) is 0 Å². The molecule has 160 valence electrons. The average Bonchev–Trinajstić information content (AvgIpc) is 2.75. The fourth-order valence-electron chi connectivity index (χ4n) is 3.94. The SMILES string of the molecule is NCC1(N/C=C(/[O-])C(N)=Nc2ccc(F)cc2)CCC(NC2CCOCC2)CC1.[K+]. The monoisotopic (exact) mass is 443 g/mol. The van der Waals surface area contributed by atoms with Crippen molar-refractivity contribution < 1.29 is 65.6 Å². The fourth-order valence-corrected chi connectivity index (χ4v) is 3.94. The van der Waals surface area contributed by atoms with E-state index in [1.807, 2.05) is 0 Å². The van der Waals surface area contributed by atoms with Crippen LogP contribution in [-0.2, 0) is 4.74 Å². The molecule has 0 unspecified atom stereocenters. The first-order valence-corrected chi connectivity index (χ1v) is 10.3. The topological polar surface area (TPSA) is 121 Å².